The minimum Gasteiger partial charge on any atom is -0.484 e. The zero-order valence-electron chi connectivity index (χ0n) is 15.1. The van der Waals surface area contributed by atoms with Crippen LogP contribution in [0.5, 0.6) is 5.75 Å². The van der Waals surface area contributed by atoms with Crippen LogP contribution in [-0.2, 0) is 9.59 Å². The van der Waals surface area contributed by atoms with Crippen LogP contribution in [0, 0.1) is 0 Å². The number of benzene rings is 2. The van der Waals surface area contributed by atoms with Crippen LogP contribution < -0.4 is 15.4 Å². The lowest BCUT2D eigenvalue weighted by Gasteiger charge is -2.14. The van der Waals surface area contributed by atoms with E-state index < -0.39 is 24.3 Å². The lowest BCUT2D eigenvalue weighted by molar-refractivity contribution is -0.122. The van der Waals surface area contributed by atoms with Gasteiger partial charge in [0, 0.05) is 18.8 Å². The van der Waals surface area contributed by atoms with Gasteiger partial charge in [-0.15, -0.1) is 0 Å². The number of nitrogens with zero attached hydrogens (tertiary/aromatic N) is 1. The number of carbonyl (C=O) groups excluding carboxylic acids is 4. The minimum atomic E-state index is -0.624. The summed E-state index contributed by atoms with van der Waals surface area (Å²) in [6.45, 7) is -0.654. The Bertz CT molecular complexity index is 984. The summed E-state index contributed by atoms with van der Waals surface area (Å²) in [6.07, 6.45) is 0. The molecule has 150 valence electrons. The molecule has 0 fully saturated rings. The van der Waals surface area contributed by atoms with Crippen molar-refractivity contribution in [1.82, 2.24) is 10.2 Å². The number of carbonyl (C=O) groups is 4. The van der Waals surface area contributed by atoms with Crippen molar-refractivity contribution in [3.05, 3.63) is 57.6 Å². The van der Waals surface area contributed by atoms with E-state index in [2.05, 4.69) is 10.6 Å². The maximum absolute atomic E-state index is 12.5. The first-order valence-electron chi connectivity index (χ1n) is 8.38. The quantitative estimate of drug-likeness (QED) is 0.677. The topological polar surface area (TPSA) is 105 Å². The van der Waals surface area contributed by atoms with Crippen LogP contribution in [0.3, 0.4) is 0 Å². The van der Waals surface area contributed by atoms with E-state index in [-0.39, 0.29) is 33.7 Å². The zero-order valence-corrected chi connectivity index (χ0v) is 16.6. The fourth-order valence-corrected chi connectivity index (χ4v) is 2.98. The molecule has 1 aliphatic rings. The second-order valence-corrected chi connectivity index (χ2v) is 6.86. The van der Waals surface area contributed by atoms with E-state index in [4.69, 9.17) is 27.9 Å². The molecule has 29 heavy (non-hydrogen) atoms. The number of hydrogen-bond donors (Lipinski definition) is 2. The van der Waals surface area contributed by atoms with E-state index in [9.17, 15) is 19.2 Å². The number of anilines is 1. The zero-order chi connectivity index (χ0) is 21.1. The van der Waals surface area contributed by atoms with Crippen molar-refractivity contribution in [2.75, 3.05) is 25.5 Å². The van der Waals surface area contributed by atoms with Gasteiger partial charge in [-0.1, -0.05) is 29.3 Å². The Kier molecular flexibility index (Phi) is 6.05. The third-order valence-corrected chi connectivity index (χ3v) is 4.80. The Labute approximate surface area is 175 Å². The second kappa shape index (κ2) is 8.50. The fourth-order valence-electron chi connectivity index (χ4n) is 2.66. The van der Waals surface area contributed by atoms with Gasteiger partial charge >= 0.3 is 0 Å². The molecule has 0 saturated heterocycles. The predicted molar refractivity (Wildman–Crippen MR) is 106 cm³/mol. The van der Waals surface area contributed by atoms with E-state index in [0.29, 0.717) is 11.4 Å². The summed E-state index contributed by atoms with van der Waals surface area (Å²) in [4.78, 5) is 49.3. The Morgan fingerprint density at radius 3 is 2.21 bits per heavy atom. The fraction of sp³-hybridized carbons (Fsp3) is 0.158. The van der Waals surface area contributed by atoms with E-state index >= 15 is 0 Å². The van der Waals surface area contributed by atoms with E-state index in [1.807, 2.05) is 0 Å². The van der Waals surface area contributed by atoms with Gasteiger partial charge in [0.1, 0.15) is 12.3 Å². The number of rotatable bonds is 6. The lowest BCUT2D eigenvalue weighted by atomic mass is 10.1. The van der Waals surface area contributed by atoms with Crippen LogP contribution in [0.4, 0.5) is 5.69 Å². The molecule has 4 amide bonds. The van der Waals surface area contributed by atoms with Crippen molar-refractivity contribution in [3.63, 3.8) is 0 Å². The van der Waals surface area contributed by atoms with Gasteiger partial charge in [-0.3, -0.25) is 24.1 Å². The summed E-state index contributed by atoms with van der Waals surface area (Å²) in [7, 11) is 1.49. The Balaban J connectivity index is 1.66. The first-order chi connectivity index (χ1) is 13.8. The van der Waals surface area contributed by atoms with Gasteiger partial charge in [0.25, 0.3) is 17.7 Å². The highest BCUT2D eigenvalue weighted by molar-refractivity contribution is 6.43. The number of fused-ring (bicyclic) bond motifs is 1. The Hall–Kier alpha value is -3.10. The van der Waals surface area contributed by atoms with Gasteiger partial charge in [0.05, 0.1) is 21.2 Å². The molecular formula is C19H15Cl2N3O5. The molecule has 0 atom stereocenters. The third kappa shape index (κ3) is 4.49. The molecule has 1 aliphatic heterocycles. The summed E-state index contributed by atoms with van der Waals surface area (Å²) in [5.74, 6) is -1.76. The molecule has 10 heteroatoms. The van der Waals surface area contributed by atoms with E-state index in [1.54, 1.807) is 18.2 Å². The van der Waals surface area contributed by atoms with Gasteiger partial charge in [-0.05, 0) is 24.3 Å². The number of imide groups is 1. The van der Waals surface area contributed by atoms with Gasteiger partial charge in [0.2, 0.25) is 5.91 Å². The summed E-state index contributed by atoms with van der Waals surface area (Å²) in [5.41, 5.74) is 0.579. The maximum Gasteiger partial charge on any atom is 0.262 e. The number of amides is 4. The molecule has 0 aliphatic carbocycles. The summed E-state index contributed by atoms with van der Waals surface area (Å²) in [5, 5.41) is 5.30. The number of ether oxygens (including phenoxy) is 1. The van der Waals surface area contributed by atoms with Crippen LogP contribution in [0.25, 0.3) is 0 Å². The third-order valence-electron chi connectivity index (χ3n) is 4.08. The van der Waals surface area contributed by atoms with Crippen LogP contribution >= 0.6 is 23.2 Å². The van der Waals surface area contributed by atoms with Crippen LogP contribution in [0.15, 0.2) is 36.4 Å². The first-order valence-corrected chi connectivity index (χ1v) is 9.14. The van der Waals surface area contributed by atoms with Gasteiger partial charge in [-0.25, -0.2) is 0 Å². The highest BCUT2D eigenvalue weighted by atomic mass is 35.5. The molecule has 0 bridgehead atoms. The molecule has 2 aromatic rings. The van der Waals surface area contributed by atoms with Crippen LogP contribution in [0.1, 0.15) is 20.7 Å². The first kappa shape index (κ1) is 20.6. The van der Waals surface area contributed by atoms with Gasteiger partial charge in [0.15, 0.2) is 6.61 Å². The second-order valence-electron chi connectivity index (χ2n) is 6.05. The molecule has 0 saturated carbocycles. The normalized spacial score (nSPS) is 12.6. The molecule has 1 heterocycles. The molecule has 0 aromatic heterocycles. The van der Waals surface area contributed by atoms with E-state index in [0.717, 1.165) is 4.90 Å². The highest BCUT2D eigenvalue weighted by Crippen LogP contribution is 2.31. The van der Waals surface area contributed by atoms with Crippen molar-refractivity contribution in [3.8, 4) is 5.75 Å². The van der Waals surface area contributed by atoms with E-state index in [1.165, 1.54) is 25.2 Å². The summed E-state index contributed by atoms with van der Waals surface area (Å²) in [6, 6.07) is 8.99. The maximum atomic E-state index is 12.5. The standard InChI is InChI=1S/C19H15Cl2N3O5/c1-22-17(26)9-29-11-4-2-3-10(5-11)23-16(25)8-24-18(27)12-6-14(20)15(21)7-13(12)19(24)28/h2-7H,8-9H2,1H3,(H,22,26)(H,23,25). The molecule has 2 aromatic carbocycles. The molecule has 0 spiro atoms. The largest absolute Gasteiger partial charge is 0.484 e. The monoisotopic (exact) mass is 435 g/mol. The van der Waals surface area contributed by atoms with Crippen LogP contribution in [0.2, 0.25) is 10.0 Å². The Morgan fingerprint density at radius 2 is 1.62 bits per heavy atom. The van der Waals surface area contributed by atoms with Crippen molar-refractivity contribution >= 4 is 52.5 Å². The van der Waals surface area contributed by atoms with Crippen molar-refractivity contribution in [2.45, 2.75) is 0 Å². The highest BCUT2D eigenvalue weighted by Gasteiger charge is 2.37. The van der Waals surface area contributed by atoms with Crippen LogP contribution in [-0.4, -0.2) is 48.7 Å². The van der Waals surface area contributed by atoms with Crippen molar-refractivity contribution in [1.29, 1.82) is 0 Å². The molecular weight excluding hydrogens is 421 g/mol. The van der Waals surface area contributed by atoms with Crippen molar-refractivity contribution in [2.24, 2.45) is 0 Å². The summed E-state index contributed by atoms with van der Waals surface area (Å²) >= 11 is 11.8. The number of hydrogen-bond acceptors (Lipinski definition) is 5. The SMILES string of the molecule is CNC(=O)COc1cccc(NC(=O)CN2C(=O)c3cc(Cl)c(Cl)cc3C2=O)c1. The minimum absolute atomic E-state index is 0.0989. The lowest BCUT2D eigenvalue weighted by Crippen LogP contribution is -2.37. The number of nitrogens with one attached hydrogen (secondary N) is 2. The Morgan fingerprint density at radius 1 is 1.00 bits per heavy atom. The molecule has 3 rings (SSSR count). The molecule has 2 N–H and O–H groups in total. The number of likely N-dealkylation sites (N-methyl/N-ethyl adjacent to an activating group) is 1. The van der Waals surface area contributed by atoms with Gasteiger partial charge in [-0.2, -0.15) is 0 Å². The predicted octanol–water partition coefficient (Wildman–Crippen LogP) is 2.35. The molecule has 0 unspecified atom stereocenters. The molecule has 8 nitrogen and oxygen atoms in total. The summed E-state index contributed by atoms with van der Waals surface area (Å²) < 4.78 is 5.31. The average molecular weight is 436 g/mol. The average Bonchev–Trinajstić information content (AvgIpc) is 2.91. The van der Waals surface area contributed by atoms with Crippen molar-refractivity contribution < 1.29 is 23.9 Å². The number of halogens is 2. The molecule has 0 radical (unpaired) electrons. The van der Waals surface area contributed by atoms with Gasteiger partial charge < -0.3 is 15.4 Å². The smallest absolute Gasteiger partial charge is 0.262 e.